The second kappa shape index (κ2) is 18.4. The smallest absolute Gasteiger partial charge is 0.386 e. The second-order valence-corrected chi connectivity index (χ2v) is 20.5. The number of nitrogens with one attached hydrogen (secondary N) is 2. The summed E-state index contributed by atoms with van der Waals surface area (Å²) < 4.78 is 41.9. The van der Waals surface area contributed by atoms with Crippen LogP contribution >= 0.6 is 0 Å². The Balaban J connectivity index is 0.826. The van der Waals surface area contributed by atoms with Gasteiger partial charge in [-0.05, 0) is 143 Å². The Morgan fingerprint density at radius 1 is 0.940 bits per heavy atom. The van der Waals surface area contributed by atoms with Crippen molar-refractivity contribution in [3.05, 3.63) is 82.8 Å². The first kappa shape index (κ1) is 47.8. The molecule has 3 aliphatic heterocycles. The molecule has 67 heavy (non-hydrogen) atoms. The number of rotatable bonds is 11. The van der Waals surface area contributed by atoms with Crippen molar-refractivity contribution in [2.45, 2.75) is 123 Å². The fourth-order valence-corrected chi connectivity index (χ4v) is 11.0. The molecule has 4 aliphatic rings. The summed E-state index contributed by atoms with van der Waals surface area (Å²) in [4.78, 5) is 71.9. The van der Waals surface area contributed by atoms with Crippen molar-refractivity contribution in [3.8, 4) is 0 Å². The van der Waals surface area contributed by atoms with Gasteiger partial charge in [-0.3, -0.25) is 38.9 Å². The van der Waals surface area contributed by atoms with Crippen molar-refractivity contribution in [3.63, 3.8) is 0 Å². The molecule has 4 aromatic rings. The van der Waals surface area contributed by atoms with Gasteiger partial charge in [0.05, 0.1) is 17.2 Å². The van der Waals surface area contributed by atoms with Gasteiger partial charge in [-0.15, -0.1) is 0 Å². The number of alkyl halides is 3. The van der Waals surface area contributed by atoms with E-state index < -0.39 is 47.1 Å². The van der Waals surface area contributed by atoms with E-state index >= 15 is 0 Å². The second-order valence-electron chi connectivity index (χ2n) is 20.5. The van der Waals surface area contributed by atoms with Gasteiger partial charge in [0.2, 0.25) is 18.2 Å². The number of likely N-dealkylation sites (tertiary alicyclic amines) is 1. The van der Waals surface area contributed by atoms with Gasteiger partial charge in [0.1, 0.15) is 17.4 Å². The number of carbonyl (C=O) groups is 5. The van der Waals surface area contributed by atoms with Gasteiger partial charge in [-0.1, -0.05) is 19.9 Å². The van der Waals surface area contributed by atoms with E-state index in [-0.39, 0.29) is 35.7 Å². The van der Waals surface area contributed by atoms with Crippen LogP contribution in [0.4, 0.5) is 24.5 Å². The molecule has 1 atom stereocenters. The van der Waals surface area contributed by atoms with E-state index in [4.69, 9.17) is 5.10 Å². The Kier molecular flexibility index (Phi) is 13.1. The molecule has 1 unspecified atom stereocenters. The zero-order valence-corrected chi connectivity index (χ0v) is 38.9. The summed E-state index contributed by atoms with van der Waals surface area (Å²) in [5, 5.41) is 21.6. The van der Waals surface area contributed by atoms with Gasteiger partial charge in [0, 0.05) is 73.2 Å². The lowest BCUT2D eigenvalue weighted by molar-refractivity contribution is -0.141. The number of anilines is 2. The lowest BCUT2D eigenvalue weighted by Gasteiger charge is -2.50. The highest BCUT2D eigenvalue weighted by atomic mass is 19.4. The summed E-state index contributed by atoms with van der Waals surface area (Å²) in [7, 11) is 0. The van der Waals surface area contributed by atoms with Crippen LogP contribution in [-0.4, -0.2) is 98.5 Å². The molecule has 14 nitrogen and oxygen atoms in total. The van der Waals surface area contributed by atoms with Gasteiger partial charge < -0.3 is 20.2 Å². The molecule has 4 fully saturated rings. The molecule has 2 aromatic heterocycles. The molecular formula is C50H61F3N8O6. The predicted octanol–water partition coefficient (Wildman–Crippen LogP) is 7.78. The number of nitrogens with zero attached hydrogens (tertiary/aromatic N) is 6. The number of pyridine rings is 1. The zero-order valence-electron chi connectivity index (χ0n) is 38.9. The van der Waals surface area contributed by atoms with E-state index in [2.05, 4.69) is 39.3 Å². The molecular weight excluding hydrogens is 866 g/mol. The minimum absolute atomic E-state index is 0.0702. The van der Waals surface area contributed by atoms with Crippen LogP contribution in [0.15, 0.2) is 54.7 Å². The van der Waals surface area contributed by atoms with Crippen LogP contribution in [0.1, 0.15) is 136 Å². The summed E-state index contributed by atoms with van der Waals surface area (Å²) in [5.41, 5.74) is 0.951. The molecule has 17 heteroatoms. The highest BCUT2D eigenvalue weighted by molar-refractivity contribution is 6.08. The molecule has 2 aromatic carbocycles. The number of halogens is 3. The summed E-state index contributed by atoms with van der Waals surface area (Å²) in [6, 6.07) is 11.4. The van der Waals surface area contributed by atoms with Crippen LogP contribution in [0.25, 0.3) is 10.9 Å². The van der Waals surface area contributed by atoms with Crippen LogP contribution in [-0.2, 0) is 26.2 Å². The number of aryl methyl sites for hydroxylation is 1. The number of carbonyl (C=O) groups excluding carboxylic acids is 5. The molecule has 1 saturated carbocycles. The maximum atomic E-state index is 13.4. The monoisotopic (exact) mass is 926 g/mol. The average molecular weight is 927 g/mol. The first-order valence-electron chi connectivity index (χ1n) is 23.4. The average Bonchev–Trinajstić information content (AvgIpc) is 3.70. The van der Waals surface area contributed by atoms with Crippen molar-refractivity contribution in [2.24, 2.45) is 16.7 Å². The summed E-state index contributed by atoms with van der Waals surface area (Å²) in [6.07, 6.45) is 6.65. The molecule has 0 bridgehead atoms. The molecule has 358 valence electrons. The fourth-order valence-electron chi connectivity index (χ4n) is 11.0. The number of aliphatic hydroxyl groups is 1. The van der Waals surface area contributed by atoms with E-state index in [9.17, 15) is 42.3 Å². The summed E-state index contributed by atoms with van der Waals surface area (Å²) in [6.45, 7) is 14.6. The van der Waals surface area contributed by atoms with Gasteiger partial charge in [-0.25, -0.2) is 4.98 Å². The Hall–Kier alpha value is -5.68. The van der Waals surface area contributed by atoms with E-state index in [1.165, 1.54) is 31.7 Å². The molecule has 1 aliphatic carbocycles. The van der Waals surface area contributed by atoms with E-state index in [1.807, 2.05) is 29.9 Å². The van der Waals surface area contributed by atoms with Crippen molar-refractivity contribution >= 4 is 52.3 Å². The van der Waals surface area contributed by atoms with Crippen LogP contribution in [0.2, 0.25) is 0 Å². The van der Waals surface area contributed by atoms with Crippen molar-refractivity contribution in [1.29, 1.82) is 0 Å². The van der Waals surface area contributed by atoms with E-state index in [1.54, 1.807) is 32.0 Å². The third-order valence-electron chi connectivity index (χ3n) is 15.1. The third-order valence-corrected chi connectivity index (χ3v) is 15.1. The Labute approximate surface area is 388 Å². The number of amides is 5. The summed E-state index contributed by atoms with van der Waals surface area (Å²) >= 11 is 0. The maximum absolute atomic E-state index is 13.4. The highest BCUT2D eigenvalue weighted by Gasteiger charge is 2.43. The highest BCUT2D eigenvalue weighted by Crippen LogP contribution is 2.51. The fraction of sp³-hybridized carbons (Fsp3) is 0.540. The van der Waals surface area contributed by atoms with Crippen molar-refractivity contribution in [2.75, 3.05) is 42.9 Å². The lowest BCUT2D eigenvalue weighted by Crippen LogP contribution is -2.53. The molecule has 8 rings (SSSR count). The first-order chi connectivity index (χ1) is 31.6. The van der Waals surface area contributed by atoms with Crippen molar-refractivity contribution in [1.82, 2.24) is 29.9 Å². The van der Waals surface area contributed by atoms with Gasteiger partial charge in [0.15, 0.2) is 0 Å². The number of hydrogen-bond acceptors (Lipinski definition) is 10. The van der Waals surface area contributed by atoms with E-state index in [0.717, 1.165) is 92.1 Å². The number of fused-ring (bicyclic) bond motifs is 1. The van der Waals surface area contributed by atoms with Crippen LogP contribution < -0.4 is 15.5 Å². The summed E-state index contributed by atoms with van der Waals surface area (Å²) in [5.74, 6) is -1.80. The first-order valence-corrected chi connectivity index (χ1v) is 23.4. The third kappa shape index (κ3) is 10.3. The topological polar surface area (TPSA) is 170 Å². The lowest BCUT2D eigenvalue weighted by atomic mass is 9.60. The van der Waals surface area contributed by atoms with E-state index in [0.29, 0.717) is 34.4 Å². The largest absolute Gasteiger partial charge is 0.433 e. The standard InChI is InChI=1S/C50H61F3N8O6/c1-31-25-35(9-10-36(31)46(66)60(30-62)41-11-12-43(63)56-45(41)65)59-23-19-49(20-24-59)17-13-33(14-18-49)47(2,3)29-58-21-15-34(16-22-58)61-28-32-26-40(37(48(4,5)67)27-39(32)57-61)55-44(64)38-7-6-8-42(54-38)50(51,52)53/h6-10,25-28,30,33-34,41,67H,11-24,29H2,1-5H3,(H,55,64)(H,56,63,65). The Morgan fingerprint density at radius 3 is 2.27 bits per heavy atom. The minimum atomic E-state index is -4.70. The van der Waals surface area contributed by atoms with Crippen molar-refractivity contribution < 1.29 is 42.3 Å². The molecule has 1 spiro atoms. The number of imide groups is 2. The predicted molar refractivity (Wildman–Crippen MR) is 246 cm³/mol. The molecule has 3 saturated heterocycles. The SMILES string of the molecule is Cc1cc(N2CCC3(CCC(C(C)(C)CN4CCC(n5cc6cc(NC(=O)c7cccc(C(F)(F)F)n7)c(C(C)(C)O)cc6n5)CC4)CC3)CC2)ccc1C(=O)N(C=O)C1CCC(=O)NC1=O. The molecule has 3 N–H and O–H groups in total. The van der Waals surface area contributed by atoms with Crippen LogP contribution in [0.5, 0.6) is 0 Å². The quantitative estimate of drug-likeness (QED) is 0.0998. The normalized spacial score (nSPS) is 20.3. The molecule has 5 amide bonds. The van der Waals surface area contributed by atoms with Gasteiger partial charge >= 0.3 is 6.18 Å². The van der Waals surface area contributed by atoms with Gasteiger partial charge in [-0.2, -0.15) is 18.3 Å². The Morgan fingerprint density at radius 2 is 1.64 bits per heavy atom. The van der Waals surface area contributed by atoms with Crippen LogP contribution in [0.3, 0.4) is 0 Å². The molecule has 0 radical (unpaired) electrons. The number of hydrogen-bond donors (Lipinski definition) is 3. The number of piperidine rings is 3. The minimum Gasteiger partial charge on any atom is -0.386 e. The maximum Gasteiger partial charge on any atom is 0.433 e. The molecule has 5 heterocycles. The zero-order chi connectivity index (χ0) is 48.1. The number of aromatic nitrogens is 3. The van der Waals surface area contributed by atoms with Gasteiger partial charge in [0.25, 0.3) is 11.8 Å². The Bertz CT molecular complexity index is 2540. The number of benzene rings is 2. The van der Waals surface area contributed by atoms with Crippen LogP contribution in [0, 0.1) is 23.7 Å².